The number of rotatable bonds is 5. The normalized spacial score (nSPS) is 17.1. The van der Waals surface area contributed by atoms with Crippen LogP contribution in [0.15, 0.2) is 30.3 Å². The molecule has 1 N–H and O–H groups in total. The molecule has 1 unspecified atom stereocenters. The number of benzene rings is 1. The summed E-state index contributed by atoms with van der Waals surface area (Å²) in [6, 6.07) is 11.0. The van der Waals surface area contributed by atoms with Crippen LogP contribution in [0.2, 0.25) is 0 Å². The van der Waals surface area contributed by atoms with E-state index in [0.29, 0.717) is 18.5 Å². The summed E-state index contributed by atoms with van der Waals surface area (Å²) in [4.78, 5) is 20.1. The van der Waals surface area contributed by atoms with Gasteiger partial charge in [-0.25, -0.2) is 4.98 Å². The molecule has 0 radical (unpaired) electrons. The number of likely N-dealkylation sites (N-methyl/N-ethyl adjacent to an activating group) is 1. The summed E-state index contributed by atoms with van der Waals surface area (Å²) in [7, 11) is 1.96. The molecular formula is C19H25N3OS. The van der Waals surface area contributed by atoms with E-state index in [1.54, 1.807) is 11.3 Å². The lowest BCUT2D eigenvalue weighted by Gasteiger charge is -2.21. The maximum Gasteiger partial charge on any atom is 0.240 e. The number of aryl methyl sites for hydroxylation is 1. The van der Waals surface area contributed by atoms with Gasteiger partial charge in [-0.3, -0.25) is 9.69 Å². The Hall–Kier alpha value is -1.72. The predicted octanol–water partition coefficient (Wildman–Crippen LogP) is 3.69. The molecule has 0 aliphatic heterocycles. The molecular weight excluding hydrogens is 318 g/mol. The second-order valence-corrected chi connectivity index (χ2v) is 7.88. The first-order valence-electron chi connectivity index (χ1n) is 8.56. The predicted molar refractivity (Wildman–Crippen MR) is 99.7 cm³/mol. The van der Waals surface area contributed by atoms with Crippen LogP contribution in [-0.4, -0.2) is 35.4 Å². The van der Waals surface area contributed by atoms with Crippen molar-refractivity contribution < 1.29 is 4.79 Å². The van der Waals surface area contributed by atoms with Crippen LogP contribution in [0, 0.1) is 0 Å². The summed E-state index contributed by atoms with van der Waals surface area (Å²) in [5, 5.41) is 3.71. The van der Waals surface area contributed by atoms with Gasteiger partial charge in [0, 0.05) is 10.9 Å². The zero-order valence-corrected chi connectivity index (χ0v) is 15.4. The minimum absolute atomic E-state index is 0.0110. The molecule has 2 aromatic rings. The zero-order chi connectivity index (χ0) is 17.1. The van der Waals surface area contributed by atoms with Crippen LogP contribution in [0.3, 0.4) is 0 Å². The van der Waals surface area contributed by atoms with Gasteiger partial charge in [-0.2, -0.15) is 0 Å². The molecule has 1 aromatic carbocycles. The van der Waals surface area contributed by atoms with Gasteiger partial charge in [0.2, 0.25) is 5.91 Å². The topological polar surface area (TPSA) is 45.2 Å². The maximum atomic E-state index is 12.1. The quantitative estimate of drug-likeness (QED) is 0.900. The van der Waals surface area contributed by atoms with Crippen molar-refractivity contribution in [3.8, 4) is 0 Å². The summed E-state index contributed by atoms with van der Waals surface area (Å²) < 4.78 is 0. The standard InChI is InChI=1S/C19H25N3OS/c1-13(2)22(3)12-18(23)21-19-20-16-10-9-15(11-17(16)24-19)14-7-5-4-6-8-14/h4-8,13,15H,9-12H2,1-3H3,(H,20,21,23). The van der Waals surface area contributed by atoms with Gasteiger partial charge in [0.25, 0.3) is 0 Å². The lowest BCUT2D eigenvalue weighted by Crippen LogP contribution is -2.34. The first kappa shape index (κ1) is 17.1. The molecule has 1 amide bonds. The third-order valence-electron chi connectivity index (χ3n) is 4.73. The fraction of sp³-hybridized carbons (Fsp3) is 0.474. The van der Waals surface area contributed by atoms with E-state index in [4.69, 9.17) is 0 Å². The highest BCUT2D eigenvalue weighted by atomic mass is 32.1. The van der Waals surface area contributed by atoms with E-state index in [-0.39, 0.29) is 5.91 Å². The Kier molecular flexibility index (Phi) is 5.31. The number of fused-ring (bicyclic) bond motifs is 1. The van der Waals surface area contributed by atoms with Crippen molar-refractivity contribution in [2.45, 2.75) is 45.1 Å². The molecule has 0 spiro atoms. The highest BCUT2D eigenvalue weighted by Gasteiger charge is 2.24. The summed E-state index contributed by atoms with van der Waals surface area (Å²) in [6.07, 6.45) is 3.15. The molecule has 1 aliphatic rings. The van der Waals surface area contributed by atoms with Crippen molar-refractivity contribution in [1.82, 2.24) is 9.88 Å². The fourth-order valence-electron chi connectivity index (χ4n) is 3.01. The monoisotopic (exact) mass is 343 g/mol. The minimum Gasteiger partial charge on any atom is -0.301 e. The Bertz CT molecular complexity index is 696. The molecule has 0 fully saturated rings. The van der Waals surface area contributed by atoms with Gasteiger partial charge in [0.1, 0.15) is 0 Å². The molecule has 0 saturated heterocycles. The van der Waals surface area contributed by atoms with E-state index in [9.17, 15) is 4.79 Å². The third-order valence-corrected chi connectivity index (χ3v) is 5.77. The van der Waals surface area contributed by atoms with Gasteiger partial charge in [0.15, 0.2) is 5.13 Å². The van der Waals surface area contributed by atoms with E-state index >= 15 is 0 Å². The Morgan fingerprint density at radius 3 is 2.83 bits per heavy atom. The summed E-state index contributed by atoms with van der Waals surface area (Å²) in [6.45, 7) is 4.56. The van der Waals surface area contributed by atoms with Crippen molar-refractivity contribution in [2.24, 2.45) is 0 Å². The molecule has 128 valence electrons. The van der Waals surface area contributed by atoms with Crippen LogP contribution in [0.5, 0.6) is 0 Å². The van der Waals surface area contributed by atoms with Gasteiger partial charge in [-0.1, -0.05) is 30.3 Å². The van der Waals surface area contributed by atoms with Crippen molar-refractivity contribution in [3.63, 3.8) is 0 Å². The summed E-state index contributed by atoms with van der Waals surface area (Å²) >= 11 is 1.64. The average molecular weight is 343 g/mol. The van der Waals surface area contributed by atoms with Crippen molar-refractivity contribution >= 4 is 22.4 Å². The van der Waals surface area contributed by atoms with Crippen molar-refractivity contribution in [2.75, 3.05) is 18.9 Å². The van der Waals surface area contributed by atoms with Crippen molar-refractivity contribution in [1.29, 1.82) is 0 Å². The van der Waals surface area contributed by atoms with Gasteiger partial charge in [0.05, 0.1) is 12.2 Å². The van der Waals surface area contributed by atoms with Gasteiger partial charge >= 0.3 is 0 Å². The number of anilines is 1. The number of carbonyl (C=O) groups is 1. The number of nitrogens with zero attached hydrogens (tertiary/aromatic N) is 2. The SMILES string of the molecule is CC(C)N(C)CC(=O)Nc1nc2c(s1)CC(c1ccccc1)CC2. The Morgan fingerprint density at radius 1 is 1.38 bits per heavy atom. The van der Waals surface area contributed by atoms with E-state index in [0.717, 1.165) is 24.4 Å². The molecule has 0 bridgehead atoms. The number of hydrogen-bond donors (Lipinski definition) is 1. The van der Waals surface area contributed by atoms with Crippen LogP contribution in [0.4, 0.5) is 5.13 Å². The average Bonchev–Trinajstić information content (AvgIpc) is 2.96. The van der Waals surface area contributed by atoms with Gasteiger partial charge in [-0.05, 0) is 51.6 Å². The molecule has 0 saturated carbocycles. The number of hydrogen-bond acceptors (Lipinski definition) is 4. The number of thiazole rings is 1. The van der Waals surface area contributed by atoms with E-state index in [2.05, 4.69) is 54.5 Å². The molecule has 1 heterocycles. The Labute approximate surface area is 147 Å². The molecule has 1 aliphatic carbocycles. The highest BCUT2D eigenvalue weighted by Crippen LogP contribution is 2.36. The summed E-state index contributed by atoms with van der Waals surface area (Å²) in [5.74, 6) is 0.576. The summed E-state index contributed by atoms with van der Waals surface area (Å²) in [5.41, 5.74) is 2.57. The molecule has 24 heavy (non-hydrogen) atoms. The number of carbonyl (C=O) groups excluding carboxylic acids is 1. The zero-order valence-electron chi connectivity index (χ0n) is 14.6. The first-order valence-corrected chi connectivity index (χ1v) is 9.38. The molecule has 4 nitrogen and oxygen atoms in total. The Morgan fingerprint density at radius 2 is 2.12 bits per heavy atom. The lowest BCUT2D eigenvalue weighted by atomic mass is 9.85. The van der Waals surface area contributed by atoms with Gasteiger partial charge in [-0.15, -0.1) is 11.3 Å². The third kappa shape index (κ3) is 4.02. The number of aromatic nitrogens is 1. The first-order chi connectivity index (χ1) is 11.5. The maximum absolute atomic E-state index is 12.1. The molecule has 3 rings (SSSR count). The molecule has 5 heteroatoms. The highest BCUT2D eigenvalue weighted by molar-refractivity contribution is 7.15. The van der Waals surface area contributed by atoms with E-state index < -0.39 is 0 Å². The molecule has 1 aromatic heterocycles. The van der Waals surface area contributed by atoms with Crippen LogP contribution < -0.4 is 5.32 Å². The van der Waals surface area contributed by atoms with Gasteiger partial charge < -0.3 is 5.32 Å². The minimum atomic E-state index is 0.0110. The Balaban J connectivity index is 1.64. The largest absolute Gasteiger partial charge is 0.301 e. The second kappa shape index (κ2) is 7.45. The lowest BCUT2D eigenvalue weighted by molar-refractivity contribution is -0.117. The van der Waals surface area contributed by atoms with Crippen LogP contribution in [-0.2, 0) is 17.6 Å². The molecule has 1 atom stereocenters. The number of amides is 1. The van der Waals surface area contributed by atoms with Crippen LogP contribution >= 0.6 is 11.3 Å². The fourth-order valence-corrected chi connectivity index (χ4v) is 4.11. The van der Waals surface area contributed by atoms with E-state index in [1.165, 1.54) is 16.1 Å². The van der Waals surface area contributed by atoms with Crippen LogP contribution in [0.1, 0.15) is 42.3 Å². The van der Waals surface area contributed by atoms with Crippen molar-refractivity contribution in [3.05, 3.63) is 46.5 Å². The smallest absolute Gasteiger partial charge is 0.240 e. The van der Waals surface area contributed by atoms with Crippen LogP contribution in [0.25, 0.3) is 0 Å². The second-order valence-electron chi connectivity index (χ2n) is 6.80. The number of nitrogens with one attached hydrogen (secondary N) is 1. The van der Waals surface area contributed by atoms with E-state index in [1.807, 2.05) is 11.9 Å².